The summed E-state index contributed by atoms with van der Waals surface area (Å²) in [6, 6.07) is 0. The fourth-order valence-corrected chi connectivity index (χ4v) is 1.12. The second-order valence-electron chi connectivity index (χ2n) is 4.79. The maximum atomic E-state index is 11.3. The van der Waals surface area contributed by atoms with Gasteiger partial charge in [0.05, 0.1) is 5.56 Å². The standard InChI is InChI=1S/C13H17N3O3/c1-13(2,3)19-12(18)14-7-5-4-6-10-8-15-11(17)16-9-10/h8-9H,5,7H2,1-3H3,(H,14,18)(H,15,16,17). The molecule has 0 aliphatic rings. The zero-order chi connectivity index (χ0) is 14.3. The Hall–Kier alpha value is -2.29. The van der Waals surface area contributed by atoms with E-state index in [4.69, 9.17) is 4.74 Å². The molecule has 0 atom stereocenters. The summed E-state index contributed by atoms with van der Waals surface area (Å²) in [5.41, 5.74) is -0.286. The van der Waals surface area contributed by atoms with Gasteiger partial charge in [-0.05, 0) is 20.8 Å². The van der Waals surface area contributed by atoms with Crippen LogP contribution in [0.2, 0.25) is 0 Å². The average Bonchev–Trinajstić information content (AvgIpc) is 2.29. The first-order chi connectivity index (χ1) is 8.87. The predicted octanol–water partition coefficient (Wildman–Crippen LogP) is 1.04. The number of alkyl carbamates (subject to hydrolysis) is 1. The van der Waals surface area contributed by atoms with E-state index in [2.05, 4.69) is 27.1 Å². The Morgan fingerprint density at radius 1 is 1.53 bits per heavy atom. The molecule has 0 radical (unpaired) electrons. The van der Waals surface area contributed by atoms with Crippen molar-refractivity contribution in [1.82, 2.24) is 15.3 Å². The van der Waals surface area contributed by atoms with Crippen molar-refractivity contribution in [1.29, 1.82) is 0 Å². The summed E-state index contributed by atoms with van der Waals surface area (Å²) in [6.45, 7) is 5.80. The lowest BCUT2D eigenvalue weighted by Crippen LogP contribution is -2.32. The number of ether oxygens (including phenoxy) is 1. The van der Waals surface area contributed by atoms with Gasteiger partial charge in [0.2, 0.25) is 0 Å². The first-order valence-electron chi connectivity index (χ1n) is 5.87. The van der Waals surface area contributed by atoms with Crippen LogP contribution in [0.15, 0.2) is 17.2 Å². The van der Waals surface area contributed by atoms with Crippen molar-refractivity contribution < 1.29 is 9.53 Å². The zero-order valence-corrected chi connectivity index (χ0v) is 11.2. The van der Waals surface area contributed by atoms with Crippen molar-refractivity contribution in [2.45, 2.75) is 32.8 Å². The average molecular weight is 263 g/mol. The van der Waals surface area contributed by atoms with Crippen LogP contribution in [0.4, 0.5) is 4.79 Å². The van der Waals surface area contributed by atoms with Gasteiger partial charge in [-0.3, -0.25) is 0 Å². The molecule has 0 fully saturated rings. The lowest BCUT2D eigenvalue weighted by atomic mass is 10.2. The first-order valence-corrected chi connectivity index (χ1v) is 5.87. The fraction of sp³-hybridized carbons (Fsp3) is 0.462. The fourth-order valence-electron chi connectivity index (χ4n) is 1.12. The lowest BCUT2D eigenvalue weighted by molar-refractivity contribution is 0.0529. The smallest absolute Gasteiger partial charge is 0.407 e. The molecule has 1 heterocycles. The van der Waals surface area contributed by atoms with Crippen molar-refractivity contribution >= 4 is 6.09 Å². The number of carbonyl (C=O) groups excluding carboxylic acids is 1. The molecule has 0 aromatic carbocycles. The molecule has 0 bridgehead atoms. The third kappa shape index (κ3) is 6.88. The number of aromatic amines is 1. The molecule has 1 aromatic rings. The molecule has 0 saturated heterocycles. The molecule has 0 saturated carbocycles. The van der Waals surface area contributed by atoms with E-state index in [9.17, 15) is 9.59 Å². The van der Waals surface area contributed by atoms with Crippen LogP contribution < -0.4 is 11.0 Å². The molecule has 102 valence electrons. The molecule has 6 heteroatoms. The van der Waals surface area contributed by atoms with Crippen molar-refractivity contribution in [3.05, 3.63) is 28.4 Å². The Kier molecular flexibility index (Phi) is 5.12. The SMILES string of the molecule is CC(C)(C)OC(=O)NCCC#Cc1cnc(=O)[nH]c1. The highest BCUT2D eigenvalue weighted by molar-refractivity contribution is 5.67. The van der Waals surface area contributed by atoms with Gasteiger partial charge >= 0.3 is 11.8 Å². The molecule has 1 aromatic heterocycles. The lowest BCUT2D eigenvalue weighted by Gasteiger charge is -2.19. The number of carbonyl (C=O) groups is 1. The van der Waals surface area contributed by atoms with Crippen LogP contribution in [-0.2, 0) is 4.74 Å². The topological polar surface area (TPSA) is 84.1 Å². The number of aromatic nitrogens is 2. The van der Waals surface area contributed by atoms with Crippen molar-refractivity contribution in [2.75, 3.05) is 6.54 Å². The molecule has 0 unspecified atom stereocenters. The van der Waals surface area contributed by atoms with Crippen LogP contribution in [0.3, 0.4) is 0 Å². The summed E-state index contributed by atoms with van der Waals surface area (Å²) in [5, 5.41) is 2.60. The Labute approximate surface area is 111 Å². The molecular formula is C13H17N3O3. The van der Waals surface area contributed by atoms with Crippen LogP contribution in [0, 0.1) is 11.8 Å². The highest BCUT2D eigenvalue weighted by atomic mass is 16.6. The van der Waals surface area contributed by atoms with Gasteiger partial charge in [-0.2, -0.15) is 0 Å². The van der Waals surface area contributed by atoms with Crippen LogP contribution in [0.25, 0.3) is 0 Å². The predicted molar refractivity (Wildman–Crippen MR) is 70.6 cm³/mol. The number of hydrogen-bond acceptors (Lipinski definition) is 4. The maximum absolute atomic E-state index is 11.3. The monoisotopic (exact) mass is 263 g/mol. The van der Waals surface area contributed by atoms with E-state index in [1.54, 1.807) is 20.8 Å². The summed E-state index contributed by atoms with van der Waals surface area (Å²) >= 11 is 0. The zero-order valence-electron chi connectivity index (χ0n) is 11.2. The van der Waals surface area contributed by atoms with Gasteiger partial charge in [0.15, 0.2) is 0 Å². The van der Waals surface area contributed by atoms with E-state index < -0.39 is 17.4 Å². The van der Waals surface area contributed by atoms with E-state index in [1.165, 1.54) is 12.4 Å². The van der Waals surface area contributed by atoms with E-state index in [0.717, 1.165) is 0 Å². The minimum atomic E-state index is -0.503. The van der Waals surface area contributed by atoms with Gasteiger partial charge in [-0.1, -0.05) is 11.8 Å². The number of amides is 1. The molecular weight excluding hydrogens is 246 g/mol. The summed E-state index contributed by atoms with van der Waals surface area (Å²) in [5.74, 6) is 5.68. The van der Waals surface area contributed by atoms with E-state index in [-0.39, 0.29) is 0 Å². The van der Waals surface area contributed by atoms with Gasteiger partial charge in [0.25, 0.3) is 0 Å². The number of nitrogens with one attached hydrogen (secondary N) is 2. The van der Waals surface area contributed by atoms with Gasteiger partial charge in [0, 0.05) is 25.4 Å². The second-order valence-corrected chi connectivity index (χ2v) is 4.79. The molecule has 2 N–H and O–H groups in total. The third-order valence-electron chi connectivity index (χ3n) is 1.82. The van der Waals surface area contributed by atoms with Crippen LogP contribution >= 0.6 is 0 Å². The Morgan fingerprint density at radius 3 is 2.84 bits per heavy atom. The minimum absolute atomic E-state index is 0.401. The normalized spacial score (nSPS) is 10.3. The second kappa shape index (κ2) is 6.59. The van der Waals surface area contributed by atoms with E-state index in [0.29, 0.717) is 18.5 Å². The van der Waals surface area contributed by atoms with Crippen molar-refractivity contribution in [2.24, 2.45) is 0 Å². The molecule has 0 aliphatic carbocycles. The van der Waals surface area contributed by atoms with Crippen molar-refractivity contribution in [3.63, 3.8) is 0 Å². The molecule has 19 heavy (non-hydrogen) atoms. The summed E-state index contributed by atoms with van der Waals surface area (Å²) in [4.78, 5) is 28.0. The number of H-pyrrole nitrogens is 1. The van der Waals surface area contributed by atoms with Gasteiger partial charge < -0.3 is 15.0 Å². The van der Waals surface area contributed by atoms with Crippen LogP contribution in [0.1, 0.15) is 32.8 Å². The first kappa shape index (κ1) is 14.8. The Morgan fingerprint density at radius 2 is 2.26 bits per heavy atom. The maximum Gasteiger partial charge on any atom is 0.407 e. The highest BCUT2D eigenvalue weighted by Gasteiger charge is 2.15. The molecule has 0 spiro atoms. The molecule has 6 nitrogen and oxygen atoms in total. The van der Waals surface area contributed by atoms with E-state index >= 15 is 0 Å². The number of hydrogen-bond donors (Lipinski definition) is 2. The minimum Gasteiger partial charge on any atom is -0.444 e. The highest BCUT2D eigenvalue weighted by Crippen LogP contribution is 2.06. The van der Waals surface area contributed by atoms with Gasteiger partial charge in [-0.25, -0.2) is 14.6 Å². The molecule has 1 amide bonds. The van der Waals surface area contributed by atoms with Crippen LogP contribution in [-0.4, -0.2) is 28.2 Å². The summed E-state index contributed by atoms with van der Waals surface area (Å²) in [6.07, 6.45) is 2.91. The molecule has 1 rings (SSSR count). The third-order valence-corrected chi connectivity index (χ3v) is 1.82. The van der Waals surface area contributed by atoms with Gasteiger partial charge in [0.1, 0.15) is 5.60 Å². The Balaban J connectivity index is 2.30. The largest absolute Gasteiger partial charge is 0.444 e. The van der Waals surface area contributed by atoms with Gasteiger partial charge in [-0.15, -0.1) is 0 Å². The quantitative estimate of drug-likeness (QED) is 0.616. The van der Waals surface area contributed by atoms with E-state index in [1.807, 2.05) is 0 Å². The number of nitrogens with zero attached hydrogens (tertiary/aromatic N) is 1. The Bertz CT molecular complexity index is 526. The summed E-state index contributed by atoms with van der Waals surface area (Å²) < 4.78 is 5.07. The summed E-state index contributed by atoms with van der Waals surface area (Å²) in [7, 11) is 0. The van der Waals surface area contributed by atoms with Crippen molar-refractivity contribution in [3.8, 4) is 11.8 Å². The number of rotatable bonds is 2. The van der Waals surface area contributed by atoms with Crippen LogP contribution in [0.5, 0.6) is 0 Å². The molecule has 0 aliphatic heterocycles.